The van der Waals surface area contributed by atoms with Crippen molar-refractivity contribution >= 4 is 17.6 Å². The third-order valence-corrected chi connectivity index (χ3v) is 7.41. The van der Waals surface area contributed by atoms with Crippen LogP contribution in [-0.4, -0.2) is 73.1 Å². The monoisotopic (exact) mass is 533 g/mol. The van der Waals surface area contributed by atoms with Crippen molar-refractivity contribution in [3.63, 3.8) is 0 Å². The average Bonchev–Trinajstić information content (AvgIpc) is 3.19. The van der Waals surface area contributed by atoms with E-state index in [4.69, 9.17) is 14.8 Å². The highest BCUT2D eigenvalue weighted by atomic mass is 19.3. The first-order chi connectivity index (χ1) is 17.4. The summed E-state index contributed by atoms with van der Waals surface area (Å²) in [4.78, 5) is 34.4. The Hall–Kier alpha value is -2.78. The van der Waals surface area contributed by atoms with Crippen molar-refractivity contribution in [3.8, 4) is 0 Å². The summed E-state index contributed by atoms with van der Waals surface area (Å²) >= 11 is 0. The van der Waals surface area contributed by atoms with Crippen LogP contribution >= 0.6 is 0 Å². The van der Waals surface area contributed by atoms with Crippen molar-refractivity contribution in [3.05, 3.63) is 29.2 Å². The van der Waals surface area contributed by atoms with Crippen LogP contribution in [0.3, 0.4) is 0 Å². The number of carbonyl (C=O) groups excluding carboxylic acids is 2. The zero-order valence-corrected chi connectivity index (χ0v) is 23.9. The Kier molecular flexibility index (Phi) is 7.02. The van der Waals surface area contributed by atoms with Crippen molar-refractivity contribution in [2.45, 2.75) is 109 Å². The lowest BCUT2D eigenvalue weighted by Gasteiger charge is -2.46. The van der Waals surface area contributed by atoms with E-state index < -0.39 is 23.2 Å². The minimum atomic E-state index is -2.61. The van der Waals surface area contributed by atoms with E-state index in [0.29, 0.717) is 38.1 Å². The molecule has 0 bridgehead atoms. The number of imidazole rings is 1. The summed E-state index contributed by atoms with van der Waals surface area (Å²) in [5, 5.41) is 4.74. The lowest BCUT2D eigenvalue weighted by atomic mass is 9.82. The number of halogens is 2. The van der Waals surface area contributed by atoms with E-state index in [-0.39, 0.29) is 35.8 Å². The van der Waals surface area contributed by atoms with Crippen molar-refractivity contribution in [1.29, 1.82) is 0 Å². The maximum atomic E-state index is 13.8. The molecule has 2 amide bonds. The summed E-state index contributed by atoms with van der Waals surface area (Å²) in [5.74, 6) is -2.90. The van der Waals surface area contributed by atoms with Gasteiger partial charge in [-0.25, -0.2) is 23.1 Å². The highest BCUT2D eigenvalue weighted by Gasteiger charge is 2.41. The molecule has 2 aliphatic rings. The maximum absolute atomic E-state index is 13.8. The SMILES string of the molecule is CC(C)(C)OC(=O)N1CCN(C(=O)c2cn3nc(C4CCC(F)(F)CC4)cc(C(C)(C)C)c3n2)C(C)(C)C1. The number of rotatable bonds is 2. The van der Waals surface area contributed by atoms with Gasteiger partial charge in [0.1, 0.15) is 11.3 Å². The summed E-state index contributed by atoms with van der Waals surface area (Å²) in [5.41, 5.74) is 1.03. The molecule has 4 rings (SSSR count). The van der Waals surface area contributed by atoms with E-state index in [9.17, 15) is 18.4 Å². The molecule has 1 saturated heterocycles. The second-order valence-electron chi connectivity index (χ2n) is 13.4. The Labute approximate surface area is 223 Å². The fraction of sp³-hybridized carbons (Fsp3) is 0.714. The molecule has 1 saturated carbocycles. The van der Waals surface area contributed by atoms with Crippen LogP contribution in [0.25, 0.3) is 5.65 Å². The number of ether oxygens (including phenoxy) is 1. The van der Waals surface area contributed by atoms with Gasteiger partial charge in [0, 0.05) is 44.0 Å². The van der Waals surface area contributed by atoms with Crippen LogP contribution in [0.2, 0.25) is 0 Å². The summed E-state index contributed by atoms with van der Waals surface area (Å²) in [7, 11) is 0. The molecular formula is C28H41F2N5O3. The highest BCUT2D eigenvalue weighted by molar-refractivity contribution is 5.93. The molecule has 38 heavy (non-hydrogen) atoms. The number of aromatic nitrogens is 3. The summed E-state index contributed by atoms with van der Waals surface area (Å²) < 4.78 is 34.7. The number of piperazine rings is 1. The number of fused-ring (bicyclic) bond motifs is 1. The Balaban J connectivity index is 1.61. The fourth-order valence-corrected chi connectivity index (χ4v) is 5.34. The van der Waals surface area contributed by atoms with E-state index in [1.54, 1.807) is 20.5 Å². The number of hydrogen-bond acceptors (Lipinski definition) is 5. The van der Waals surface area contributed by atoms with Gasteiger partial charge < -0.3 is 14.5 Å². The van der Waals surface area contributed by atoms with Crippen LogP contribution in [0.1, 0.15) is 109 Å². The number of hydrogen-bond donors (Lipinski definition) is 0. The Morgan fingerprint density at radius 1 is 1.05 bits per heavy atom. The minimum Gasteiger partial charge on any atom is -0.444 e. The van der Waals surface area contributed by atoms with Crippen LogP contribution < -0.4 is 0 Å². The van der Waals surface area contributed by atoms with Crippen molar-refractivity contribution in [2.24, 2.45) is 0 Å². The molecular weight excluding hydrogens is 492 g/mol. The number of amides is 2. The van der Waals surface area contributed by atoms with E-state index in [0.717, 1.165) is 11.3 Å². The molecule has 2 aromatic heterocycles. The predicted molar refractivity (Wildman–Crippen MR) is 141 cm³/mol. The lowest BCUT2D eigenvalue weighted by Crippen LogP contribution is -2.62. The van der Waals surface area contributed by atoms with Gasteiger partial charge in [-0.1, -0.05) is 20.8 Å². The van der Waals surface area contributed by atoms with Gasteiger partial charge in [0.2, 0.25) is 5.92 Å². The molecule has 0 unspecified atom stereocenters. The predicted octanol–water partition coefficient (Wildman–Crippen LogP) is 5.79. The number of nitrogens with zero attached hydrogens (tertiary/aromatic N) is 5. The molecule has 0 N–H and O–H groups in total. The maximum Gasteiger partial charge on any atom is 0.410 e. The van der Waals surface area contributed by atoms with Gasteiger partial charge in [-0.05, 0) is 58.9 Å². The van der Waals surface area contributed by atoms with Crippen molar-refractivity contribution in [1.82, 2.24) is 24.4 Å². The van der Waals surface area contributed by atoms with Crippen molar-refractivity contribution < 1.29 is 23.1 Å². The van der Waals surface area contributed by atoms with E-state index in [1.165, 1.54) is 0 Å². The number of alkyl halides is 2. The van der Waals surface area contributed by atoms with Crippen LogP contribution in [-0.2, 0) is 10.2 Å². The largest absolute Gasteiger partial charge is 0.444 e. The molecule has 210 valence electrons. The first-order valence-corrected chi connectivity index (χ1v) is 13.4. The number of carbonyl (C=O) groups is 2. The molecule has 3 heterocycles. The zero-order valence-electron chi connectivity index (χ0n) is 23.9. The summed E-state index contributed by atoms with van der Waals surface area (Å²) in [6, 6.07) is 1.98. The van der Waals surface area contributed by atoms with Gasteiger partial charge in [-0.3, -0.25) is 4.79 Å². The topological polar surface area (TPSA) is 80.0 Å². The van der Waals surface area contributed by atoms with Gasteiger partial charge in [-0.15, -0.1) is 0 Å². The molecule has 0 radical (unpaired) electrons. The zero-order chi connectivity index (χ0) is 28.3. The third kappa shape index (κ3) is 5.94. The van der Waals surface area contributed by atoms with E-state index >= 15 is 0 Å². The molecule has 2 fully saturated rings. The molecule has 0 spiro atoms. The molecule has 0 atom stereocenters. The Morgan fingerprint density at radius 3 is 2.24 bits per heavy atom. The highest BCUT2D eigenvalue weighted by Crippen LogP contribution is 2.41. The van der Waals surface area contributed by atoms with Crippen LogP contribution in [0.4, 0.5) is 13.6 Å². The van der Waals surface area contributed by atoms with Gasteiger partial charge in [0.05, 0.1) is 17.4 Å². The average molecular weight is 534 g/mol. The molecule has 10 heteroatoms. The quantitative estimate of drug-likeness (QED) is 0.488. The van der Waals surface area contributed by atoms with Gasteiger partial charge >= 0.3 is 6.09 Å². The first kappa shape index (κ1) is 28.2. The van der Waals surface area contributed by atoms with Crippen molar-refractivity contribution in [2.75, 3.05) is 19.6 Å². The van der Waals surface area contributed by atoms with E-state index in [1.807, 2.05) is 40.7 Å². The summed E-state index contributed by atoms with van der Waals surface area (Å²) in [6.45, 7) is 16.6. The lowest BCUT2D eigenvalue weighted by molar-refractivity contribution is -0.0385. The molecule has 1 aliphatic carbocycles. The first-order valence-electron chi connectivity index (χ1n) is 13.4. The minimum absolute atomic E-state index is 0.0541. The summed E-state index contributed by atoms with van der Waals surface area (Å²) in [6.07, 6.45) is 1.74. The smallest absolute Gasteiger partial charge is 0.410 e. The molecule has 2 aromatic rings. The Morgan fingerprint density at radius 2 is 1.68 bits per heavy atom. The molecule has 8 nitrogen and oxygen atoms in total. The fourth-order valence-electron chi connectivity index (χ4n) is 5.34. The normalized spacial score (nSPS) is 20.6. The van der Waals surface area contributed by atoms with Crippen LogP contribution in [0, 0.1) is 0 Å². The van der Waals surface area contributed by atoms with Gasteiger partial charge in [0.15, 0.2) is 5.65 Å². The van der Waals surface area contributed by atoms with Gasteiger partial charge in [-0.2, -0.15) is 5.10 Å². The van der Waals surface area contributed by atoms with Crippen LogP contribution in [0.15, 0.2) is 12.3 Å². The molecule has 0 aromatic carbocycles. The molecule has 1 aliphatic heterocycles. The van der Waals surface area contributed by atoms with E-state index in [2.05, 4.69) is 20.8 Å². The van der Waals surface area contributed by atoms with Gasteiger partial charge in [0.25, 0.3) is 5.91 Å². The second-order valence-corrected chi connectivity index (χ2v) is 13.4. The standard InChI is InChI=1S/C28H41F2N5O3/c1-25(2,3)19-15-20(18-9-11-28(29,30)12-10-18)32-35-16-21(31-22(19)35)23(36)34-14-13-33(17-27(34,7)8)24(37)38-26(4,5)6/h15-16,18H,9-14,17H2,1-8H3. The Bertz CT molecular complexity index is 1220. The van der Waals surface area contributed by atoms with Crippen LogP contribution in [0.5, 0.6) is 0 Å². The second kappa shape index (κ2) is 9.45. The third-order valence-electron chi connectivity index (χ3n) is 7.41.